The van der Waals surface area contributed by atoms with Crippen molar-refractivity contribution in [3.8, 4) is 0 Å². The molecule has 1 fully saturated rings. The van der Waals surface area contributed by atoms with Crippen LogP contribution < -0.4 is 11.5 Å². The lowest BCUT2D eigenvalue weighted by molar-refractivity contribution is -0.0490. The second-order valence-electron chi connectivity index (χ2n) is 6.35. The van der Waals surface area contributed by atoms with E-state index in [9.17, 15) is 0 Å². The highest BCUT2D eigenvalue weighted by Crippen LogP contribution is 2.45. The number of fused-ring (bicyclic) bond motifs is 1. The zero-order valence-electron chi connectivity index (χ0n) is 13.0. The highest BCUT2D eigenvalue weighted by molar-refractivity contribution is 5.60. The number of hydrogen-bond donors (Lipinski definition) is 2. The Morgan fingerprint density at radius 1 is 1.17 bits per heavy atom. The smallest absolute Gasteiger partial charge is 0.155 e. The number of rotatable bonds is 3. The molecule has 0 spiro atoms. The summed E-state index contributed by atoms with van der Waals surface area (Å²) in [6.07, 6.45) is 15.6. The van der Waals surface area contributed by atoms with Gasteiger partial charge in [-0.15, -0.1) is 0 Å². The lowest BCUT2D eigenvalue weighted by Crippen LogP contribution is -2.42. The highest BCUT2D eigenvalue weighted by Gasteiger charge is 2.43. The molecule has 0 amide bonds. The first kappa shape index (κ1) is 14.4. The maximum absolute atomic E-state index is 6.63. The lowest BCUT2D eigenvalue weighted by Gasteiger charge is -2.38. The Labute approximate surface area is 136 Å². The Hall–Kier alpha value is -2.17. The van der Waals surface area contributed by atoms with Gasteiger partial charge >= 0.3 is 0 Å². The molecule has 0 aliphatic heterocycles. The topological polar surface area (TPSA) is 74.2 Å². The SMILES string of the molecule is Nc1cccc(C2(OC3CCCC3N)C=CC=C3C=CC=C32)n1. The molecular weight excluding hydrogens is 286 g/mol. The molecule has 3 aliphatic carbocycles. The molecular formula is C19H21N3O. The first-order chi connectivity index (χ1) is 11.2. The Kier molecular flexibility index (Phi) is 3.43. The molecule has 0 bridgehead atoms. The van der Waals surface area contributed by atoms with E-state index in [4.69, 9.17) is 16.2 Å². The second kappa shape index (κ2) is 5.48. The van der Waals surface area contributed by atoms with Gasteiger partial charge in [0.25, 0.3) is 0 Å². The molecule has 3 unspecified atom stereocenters. The Morgan fingerprint density at radius 2 is 2.09 bits per heavy atom. The largest absolute Gasteiger partial charge is 0.384 e. The van der Waals surface area contributed by atoms with Gasteiger partial charge in [0.1, 0.15) is 5.82 Å². The third-order valence-electron chi connectivity index (χ3n) is 4.85. The van der Waals surface area contributed by atoms with E-state index in [1.165, 1.54) is 0 Å². The molecule has 23 heavy (non-hydrogen) atoms. The number of allylic oxidation sites excluding steroid dienone is 5. The van der Waals surface area contributed by atoms with Crippen LogP contribution in [0.5, 0.6) is 0 Å². The van der Waals surface area contributed by atoms with Crippen LogP contribution in [0.3, 0.4) is 0 Å². The van der Waals surface area contributed by atoms with Crippen LogP contribution in [0.2, 0.25) is 0 Å². The normalized spacial score (nSPS) is 31.9. The Balaban J connectivity index is 1.81. The second-order valence-corrected chi connectivity index (χ2v) is 6.35. The van der Waals surface area contributed by atoms with Crippen LogP contribution in [-0.4, -0.2) is 17.1 Å². The van der Waals surface area contributed by atoms with E-state index in [-0.39, 0.29) is 12.1 Å². The third kappa shape index (κ3) is 2.35. The summed E-state index contributed by atoms with van der Waals surface area (Å²) in [7, 11) is 0. The molecule has 4 nitrogen and oxygen atoms in total. The van der Waals surface area contributed by atoms with E-state index < -0.39 is 5.60 Å². The number of hydrogen-bond acceptors (Lipinski definition) is 4. The summed E-state index contributed by atoms with van der Waals surface area (Å²) in [5.41, 5.74) is 14.6. The monoisotopic (exact) mass is 307 g/mol. The van der Waals surface area contributed by atoms with Gasteiger partial charge in [-0.25, -0.2) is 4.98 Å². The quantitative estimate of drug-likeness (QED) is 0.900. The fourth-order valence-corrected chi connectivity index (χ4v) is 3.68. The van der Waals surface area contributed by atoms with Crippen molar-refractivity contribution in [2.75, 3.05) is 5.73 Å². The molecule has 1 saturated carbocycles. The molecule has 0 saturated heterocycles. The number of pyridine rings is 1. The van der Waals surface area contributed by atoms with Crippen LogP contribution >= 0.6 is 0 Å². The van der Waals surface area contributed by atoms with E-state index >= 15 is 0 Å². The van der Waals surface area contributed by atoms with Crippen LogP contribution in [0.25, 0.3) is 0 Å². The van der Waals surface area contributed by atoms with Crippen LogP contribution in [0, 0.1) is 0 Å². The van der Waals surface area contributed by atoms with Crippen molar-refractivity contribution in [2.24, 2.45) is 5.73 Å². The van der Waals surface area contributed by atoms with Crippen molar-refractivity contribution in [3.63, 3.8) is 0 Å². The molecule has 1 heterocycles. The molecule has 118 valence electrons. The predicted molar refractivity (Wildman–Crippen MR) is 91.5 cm³/mol. The molecule has 0 radical (unpaired) electrons. The van der Waals surface area contributed by atoms with E-state index in [0.29, 0.717) is 5.82 Å². The number of nitrogens with two attached hydrogens (primary N) is 2. The number of aromatic nitrogens is 1. The molecule has 1 aromatic heterocycles. The molecule has 4 rings (SSSR count). The molecule has 4 N–H and O–H groups in total. The third-order valence-corrected chi connectivity index (χ3v) is 4.85. The zero-order valence-corrected chi connectivity index (χ0v) is 13.0. The van der Waals surface area contributed by atoms with Crippen molar-refractivity contribution in [1.82, 2.24) is 4.98 Å². The van der Waals surface area contributed by atoms with E-state index in [1.54, 1.807) is 6.07 Å². The van der Waals surface area contributed by atoms with Crippen LogP contribution in [0.1, 0.15) is 25.0 Å². The first-order valence-electron chi connectivity index (χ1n) is 8.14. The van der Waals surface area contributed by atoms with Gasteiger partial charge in [-0.1, -0.05) is 36.4 Å². The average molecular weight is 307 g/mol. The number of nitrogens with zero attached hydrogens (tertiary/aromatic N) is 1. The standard InChI is InChI=1S/C19H21N3O/c20-15-8-2-9-16(15)23-19(17-10-3-11-18(21)22-17)12-4-6-13-5-1-7-14(13)19/h1,3-7,10-12,15-16H,2,8-9,20H2,(H2,21,22). The maximum Gasteiger partial charge on any atom is 0.155 e. The summed E-state index contributed by atoms with van der Waals surface area (Å²) in [6, 6.07) is 5.77. The van der Waals surface area contributed by atoms with Gasteiger partial charge in [0.2, 0.25) is 0 Å². The lowest BCUT2D eigenvalue weighted by atomic mass is 9.82. The van der Waals surface area contributed by atoms with Gasteiger partial charge in [0.15, 0.2) is 5.60 Å². The molecule has 4 heteroatoms. The first-order valence-corrected chi connectivity index (χ1v) is 8.14. The van der Waals surface area contributed by atoms with Gasteiger partial charge in [0, 0.05) is 11.6 Å². The van der Waals surface area contributed by atoms with Gasteiger partial charge < -0.3 is 16.2 Å². The minimum Gasteiger partial charge on any atom is -0.384 e. The number of ether oxygens (including phenoxy) is 1. The fraction of sp³-hybridized carbons (Fsp3) is 0.316. The van der Waals surface area contributed by atoms with E-state index in [2.05, 4.69) is 29.3 Å². The predicted octanol–water partition coefficient (Wildman–Crippen LogP) is 2.75. The minimum absolute atomic E-state index is 0.0312. The van der Waals surface area contributed by atoms with Crippen molar-refractivity contribution in [3.05, 3.63) is 71.5 Å². The fourth-order valence-electron chi connectivity index (χ4n) is 3.68. The Morgan fingerprint density at radius 3 is 2.87 bits per heavy atom. The van der Waals surface area contributed by atoms with E-state index in [1.807, 2.05) is 24.3 Å². The minimum atomic E-state index is -0.713. The molecule has 3 aliphatic rings. The summed E-state index contributed by atoms with van der Waals surface area (Å²) in [5.74, 6) is 0.497. The van der Waals surface area contributed by atoms with Crippen LogP contribution in [-0.2, 0) is 10.3 Å². The average Bonchev–Trinajstić information content (AvgIpc) is 3.17. The summed E-state index contributed by atoms with van der Waals surface area (Å²) >= 11 is 0. The van der Waals surface area contributed by atoms with Crippen LogP contribution in [0.4, 0.5) is 5.82 Å². The van der Waals surface area contributed by atoms with Gasteiger partial charge in [0.05, 0.1) is 11.8 Å². The van der Waals surface area contributed by atoms with Crippen LogP contribution in [0.15, 0.2) is 65.8 Å². The Bertz CT molecular complexity index is 747. The van der Waals surface area contributed by atoms with Crippen molar-refractivity contribution in [1.29, 1.82) is 0 Å². The summed E-state index contributed by atoms with van der Waals surface area (Å²) < 4.78 is 6.63. The van der Waals surface area contributed by atoms with Crippen molar-refractivity contribution < 1.29 is 4.74 Å². The molecule has 3 atom stereocenters. The van der Waals surface area contributed by atoms with Crippen molar-refractivity contribution in [2.45, 2.75) is 37.0 Å². The van der Waals surface area contributed by atoms with Gasteiger partial charge in [-0.05, 0) is 43.0 Å². The summed E-state index contributed by atoms with van der Waals surface area (Å²) in [4.78, 5) is 4.56. The zero-order chi connectivity index (χ0) is 15.9. The molecule has 1 aromatic rings. The summed E-state index contributed by atoms with van der Waals surface area (Å²) in [5, 5.41) is 0. The van der Waals surface area contributed by atoms with Gasteiger partial charge in [-0.2, -0.15) is 0 Å². The summed E-state index contributed by atoms with van der Waals surface area (Å²) in [6.45, 7) is 0. The molecule has 0 aromatic carbocycles. The highest BCUT2D eigenvalue weighted by atomic mass is 16.5. The maximum atomic E-state index is 6.63. The number of nitrogen functional groups attached to an aromatic ring is 1. The number of anilines is 1. The van der Waals surface area contributed by atoms with Gasteiger partial charge in [-0.3, -0.25) is 0 Å². The van der Waals surface area contributed by atoms with Crippen molar-refractivity contribution >= 4 is 5.82 Å². The van der Waals surface area contributed by atoms with E-state index in [0.717, 1.165) is 36.1 Å².